The molecule has 17 heavy (non-hydrogen) atoms. The largest absolute Gasteiger partial charge is 0.475 e. The Bertz CT molecular complexity index is 640. The predicted octanol–water partition coefficient (Wildman–Crippen LogP) is 0.876. The van der Waals surface area contributed by atoms with Gasteiger partial charge >= 0.3 is 11.7 Å². The third kappa shape index (κ3) is 1.96. The van der Waals surface area contributed by atoms with Crippen LogP contribution in [0.4, 0.5) is 0 Å². The number of aromatic carboxylic acids is 1. The Balaban J connectivity index is 2.56. The number of nitrogens with one attached hydrogen (secondary N) is 1. The monoisotopic (exact) mass is 233 g/mol. The molecule has 1 aromatic heterocycles. The first-order valence-corrected chi connectivity index (χ1v) is 4.99. The standard InChI is InChI=1S/C11H11N3O3/c1-6-3-4-8(5-7(6)2)14-11(17)12-9(13-14)10(15)16/h3-5H,1-2H3,(H,15,16)(H,12,13,17). The molecule has 1 aromatic carbocycles. The maximum absolute atomic E-state index is 11.5. The van der Waals surface area contributed by atoms with Gasteiger partial charge in [0, 0.05) is 0 Å². The van der Waals surface area contributed by atoms with Gasteiger partial charge < -0.3 is 5.11 Å². The van der Waals surface area contributed by atoms with Crippen LogP contribution in [0.25, 0.3) is 5.69 Å². The van der Waals surface area contributed by atoms with Crippen LogP contribution >= 0.6 is 0 Å². The Morgan fingerprint density at radius 3 is 2.59 bits per heavy atom. The molecule has 0 amide bonds. The average Bonchev–Trinajstić information content (AvgIpc) is 2.65. The molecule has 6 heteroatoms. The Kier molecular flexibility index (Phi) is 2.55. The van der Waals surface area contributed by atoms with E-state index >= 15 is 0 Å². The van der Waals surface area contributed by atoms with E-state index in [1.807, 2.05) is 19.9 Å². The normalized spacial score (nSPS) is 10.5. The van der Waals surface area contributed by atoms with E-state index in [4.69, 9.17) is 5.11 Å². The van der Waals surface area contributed by atoms with E-state index in [1.54, 1.807) is 12.1 Å². The van der Waals surface area contributed by atoms with Crippen molar-refractivity contribution in [1.29, 1.82) is 0 Å². The summed E-state index contributed by atoms with van der Waals surface area (Å²) in [7, 11) is 0. The molecule has 2 N–H and O–H groups in total. The molecule has 0 bridgehead atoms. The number of hydrogen-bond donors (Lipinski definition) is 2. The molecule has 88 valence electrons. The Hall–Kier alpha value is -2.37. The molecule has 2 aromatic rings. The topological polar surface area (TPSA) is 88.0 Å². The first-order valence-electron chi connectivity index (χ1n) is 4.99. The predicted molar refractivity (Wildman–Crippen MR) is 60.6 cm³/mol. The number of carboxylic acid groups (broad SMARTS) is 1. The van der Waals surface area contributed by atoms with E-state index in [0.717, 1.165) is 15.8 Å². The lowest BCUT2D eigenvalue weighted by atomic mass is 10.1. The molecule has 0 saturated carbocycles. The van der Waals surface area contributed by atoms with Crippen molar-refractivity contribution in [3.63, 3.8) is 0 Å². The molecule has 6 nitrogen and oxygen atoms in total. The molecular formula is C11H11N3O3. The Labute approximate surface area is 96.5 Å². The van der Waals surface area contributed by atoms with Gasteiger partial charge in [-0.2, -0.15) is 4.68 Å². The lowest BCUT2D eigenvalue weighted by Gasteiger charge is -2.03. The number of carboxylic acids is 1. The van der Waals surface area contributed by atoms with E-state index in [2.05, 4.69) is 10.1 Å². The zero-order chi connectivity index (χ0) is 12.6. The van der Waals surface area contributed by atoms with Gasteiger partial charge in [-0.25, -0.2) is 9.59 Å². The molecule has 0 aliphatic carbocycles. The van der Waals surface area contributed by atoms with Crippen LogP contribution in [0.5, 0.6) is 0 Å². The Morgan fingerprint density at radius 1 is 1.35 bits per heavy atom. The second kappa shape index (κ2) is 3.89. The van der Waals surface area contributed by atoms with Gasteiger partial charge in [0.1, 0.15) is 0 Å². The molecule has 0 aliphatic rings. The van der Waals surface area contributed by atoms with Crippen molar-refractivity contribution in [2.45, 2.75) is 13.8 Å². The van der Waals surface area contributed by atoms with Crippen molar-refractivity contribution in [3.8, 4) is 5.69 Å². The van der Waals surface area contributed by atoms with Crippen LogP contribution in [0.15, 0.2) is 23.0 Å². The second-order valence-electron chi connectivity index (χ2n) is 3.76. The zero-order valence-corrected chi connectivity index (χ0v) is 9.39. The van der Waals surface area contributed by atoms with Crippen LogP contribution in [0.3, 0.4) is 0 Å². The maximum Gasteiger partial charge on any atom is 0.373 e. The SMILES string of the molecule is Cc1ccc(-n2nc(C(=O)O)[nH]c2=O)cc1C. The summed E-state index contributed by atoms with van der Waals surface area (Å²) in [6.07, 6.45) is 0. The minimum absolute atomic E-state index is 0.367. The second-order valence-corrected chi connectivity index (χ2v) is 3.76. The fraction of sp³-hybridized carbons (Fsp3) is 0.182. The summed E-state index contributed by atoms with van der Waals surface area (Å²) >= 11 is 0. The number of aromatic nitrogens is 3. The average molecular weight is 233 g/mol. The van der Waals surface area contributed by atoms with Crippen LogP contribution in [0, 0.1) is 13.8 Å². The van der Waals surface area contributed by atoms with Crippen molar-refractivity contribution in [1.82, 2.24) is 14.8 Å². The first kappa shape index (κ1) is 11.1. The zero-order valence-electron chi connectivity index (χ0n) is 9.39. The molecule has 0 unspecified atom stereocenters. The van der Waals surface area contributed by atoms with Crippen LogP contribution in [-0.2, 0) is 0 Å². The number of benzene rings is 1. The molecule has 0 radical (unpaired) electrons. The van der Waals surface area contributed by atoms with E-state index < -0.39 is 11.7 Å². The van der Waals surface area contributed by atoms with E-state index in [-0.39, 0.29) is 5.82 Å². The highest BCUT2D eigenvalue weighted by Crippen LogP contribution is 2.11. The van der Waals surface area contributed by atoms with E-state index in [9.17, 15) is 9.59 Å². The van der Waals surface area contributed by atoms with Crippen molar-refractivity contribution < 1.29 is 9.90 Å². The smallest absolute Gasteiger partial charge is 0.373 e. The number of nitrogens with zero attached hydrogens (tertiary/aromatic N) is 2. The third-order valence-electron chi connectivity index (χ3n) is 2.56. The van der Waals surface area contributed by atoms with Gasteiger partial charge in [-0.15, -0.1) is 5.10 Å². The number of hydrogen-bond acceptors (Lipinski definition) is 3. The van der Waals surface area contributed by atoms with Crippen molar-refractivity contribution in [2.24, 2.45) is 0 Å². The number of H-pyrrole nitrogens is 1. The summed E-state index contributed by atoms with van der Waals surface area (Å²) in [6, 6.07) is 5.35. The molecule has 0 fully saturated rings. The number of aromatic amines is 1. The summed E-state index contributed by atoms with van der Waals surface area (Å²) in [5.41, 5.74) is 2.08. The molecule has 1 heterocycles. The summed E-state index contributed by atoms with van der Waals surface area (Å²) in [5.74, 6) is -1.63. The molecule has 0 atom stereocenters. The summed E-state index contributed by atoms with van der Waals surface area (Å²) in [5, 5.41) is 12.4. The highest BCUT2D eigenvalue weighted by Gasteiger charge is 2.12. The highest BCUT2D eigenvalue weighted by atomic mass is 16.4. The third-order valence-corrected chi connectivity index (χ3v) is 2.56. The van der Waals surface area contributed by atoms with Gasteiger partial charge in [0.25, 0.3) is 0 Å². The van der Waals surface area contributed by atoms with Crippen molar-refractivity contribution in [3.05, 3.63) is 45.6 Å². The molecule has 0 aliphatic heterocycles. The lowest BCUT2D eigenvalue weighted by Crippen LogP contribution is -2.16. The van der Waals surface area contributed by atoms with Gasteiger partial charge in [0.15, 0.2) is 0 Å². The number of rotatable bonds is 2. The first-order chi connectivity index (χ1) is 7.99. The highest BCUT2D eigenvalue weighted by molar-refractivity contribution is 5.82. The van der Waals surface area contributed by atoms with Gasteiger partial charge in [0.05, 0.1) is 5.69 Å². The van der Waals surface area contributed by atoms with Crippen molar-refractivity contribution >= 4 is 5.97 Å². The van der Waals surface area contributed by atoms with Gasteiger partial charge in [-0.3, -0.25) is 4.98 Å². The molecule has 0 spiro atoms. The fourth-order valence-corrected chi connectivity index (χ4v) is 1.45. The quantitative estimate of drug-likeness (QED) is 0.805. The molecular weight excluding hydrogens is 222 g/mol. The van der Waals surface area contributed by atoms with Crippen LogP contribution in [0.2, 0.25) is 0 Å². The van der Waals surface area contributed by atoms with Gasteiger partial charge in [0.2, 0.25) is 5.82 Å². The number of carbonyl (C=O) groups is 1. The van der Waals surface area contributed by atoms with Gasteiger partial charge in [-0.05, 0) is 37.1 Å². The summed E-state index contributed by atoms with van der Waals surface area (Å²) in [6.45, 7) is 3.86. The minimum Gasteiger partial charge on any atom is -0.475 e. The summed E-state index contributed by atoms with van der Waals surface area (Å²) < 4.78 is 1.04. The maximum atomic E-state index is 11.5. The number of aryl methyl sites for hydroxylation is 2. The molecule has 2 rings (SSSR count). The fourth-order valence-electron chi connectivity index (χ4n) is 1.45. The van der Waals surface area contributed by atoms with Crippen LogP contribution in [-0.4, -0.2) is 25.8 Å². The van der Waals surface area contributed by atoms with Gasteiger partial charge in [-0.1, -0.05) is 6.07 Å². The Morgan fingerprint density at radius 2 is 2.06 bits per heavy atom. The van der Waals surface area contributed by atoms with E-state index in [1.165, 1.54) is 0 Å². The van der Waals surface area contributed by atoms with Crippen LogP contribution < -0.4 is 5.69 Å². The van der Waals surface area contributed by atoms with Crippen LogP contribution in [0.1, 0.15) is 21.7 Å². The summed E-state index contributed by atoms with van der Waals surface area (Å²) in [4.78, 5) is 24.4. The van der Waals surface area contributed by atoms with E-state index in [0.29, 0.717) is 5.69 Å². The minimum atomic E-state index is -1.26. The van der Waals surface area contributed by atoms with Crippen molar-refractivity contribution in [2.75, 3.05) is 0 Å². The lowest BCUT2D eigenvalue weighted by molar-refractivity contribution is 0.0683. The molecule has 0 saturated heterocycles.